The van der Waals surface area contributed by atoms with Crippen LogP contribution in [0.3, 0.4) is 0 Å². The number of nitrogens with zero attached hydrogens (tertiary/aromatic N) is 2. The van der Waals surface area contributed by atoms with Crippen molar-refractivity contribution in [1.82, 2.24) is 9.97 Å². The number of methoxy groups -OCH3 is 2. The van der Waals surface area contributed by atoms with Crippen LogP contribution in [0.4, 0.5) is 0 Å². The average Bonchev–Trinajstić information content (AvgIpc) is 2.39. The lowest BCUT2D eigenvalue weighted by molar-refractivity contribution is 0.348. The summed E-state index contributed by atoms with van der Waals surface area (Å²) in [4.78, 5) is 8.10. The Balaban J connectivity index is 2.26. The number of ether oxygens (including phenoxy) is 3. The maximum atomic E-state index is 5.46. The lowest BCUT2D eigenvalue weighted by atomic mass is 10.3. The monoisotopic (exact) mass is 231 g/mol. The molecule has 1 aromatic heterocycles. The van der Waals surface area contributed by atoms with Gasteiger partial charge >= 0.3 is 6.01 Å². The van der Waals surface area contributed by atoms with Crippen LogP contribution >= 0.6 is 0 Å². The summed E-state index contributed by atoms with van der Waals surface area (Å²) in [5.41, 5.74) is 0. The molecule has 17 heavy (non-hydrogen) atoms. The van der Waals surface area contributed by atoms with E-state index in [1.165, 1.54) is 14.2 Å². The van der Waals surface area contributed by atoms with E-state index in [1.54, 1.807) is 30.3 Å². The fourth-order valence-corrected chi connectivity index (χ4v) is 1.18. The van der Waals surface area contributed by atoms with E-state index in [-0.39, 0.29) is 6.01 Å². The Morgan fingerprint density at radius 3 is 2.12 bits per heavy atom. The Morgan fingerprint density at radius 2 is 1.59 bits per heavy atom. The van der Waals surface area contributed by atoms with E-state index in [2.05, 4.69) is 16.0 Å². The van der Waals surface area contributed by atoms with Gasteiger partial charge in [-0.2, -0.15) is 9.97 Å². The molecular weight excluding hydrogens is 220 g/mol. The molecule has 0 fully saturated rings. The second kappa shape index (κ2) is 5.16. The molecule has 2 aromatic rings. The smallest absolute Gasteiger partial charge is 0.328 e. The van der Waals surface area contributed by atoms with Gasteiger partial charge in [-0.3, -0.25) is 0 Å². The number of hydrogen-bond acceptors (Lipinski definition) is 5. The first kappa shape index (κ1) is 11.2. The first-order valence-electron chi connectivity index (χ1n) is 4.93. The van der Waals surface area contributed by atoms with E-state index >= 15 is 0 Å². The second-order valence-corrected chi connectivity index (χ2v) is 3.07. The predicted molar refractivity (Wildman–Crippen MR) is 60.5 cm³/mol. The van der Waals surface area contributed by atoms with E-state index in [1.807, 2.05) is 0 Å². The van der Waals surface area contributed by atoms with Crippen LogP contribution in [0.15, 0.2) is 30.3 Å². The van der Waals surface area contributed by atoms with Crippen LogP contribution in [-0.4, -0.2) is 24.2 Å². The van der Waals surface area contributed by atoms with Gasteiger partial charge in [-0.05, 0) is 18.2 Å². The fourth-order valence-electron chi connectivity index (χ4n) is 1.18. The molecule has 5 heteroatoms. The van der Waals surface area contributed by atoms with Crippen LogP contribution in [0.1, 0.15) is 0 Å². The maximum Gasteiger partial charge on any atom is 0.328 e. The minimum Gasteiger partial charge on any atom is -0.481 e. The highest BCUT2D eigenvalue weighted by Crippen LogP contribution is 2.22. The molecule has 0 N–H and O–H groups in total. The van der Waals surface area contributed by atoms with Crippen molar-refractivity contribution in [2.75, 3.05) is 14.2 Å². The van der Waals surface area contributed by atoms with Gasteiger partial charge in [-0.25, -0.2) is 0 Å². The predicted octanol–water partition coefficient (Wildman–Crippen LogP) is 2.09. The van der Waals surface area contributed by atoms with E-state index in [0.717, 1.165) is 0 Å². The lowest BCUT2D eigenvalue weighted by Crippen LogP contribution is -1.97. The van der Waals surface area contributed by atoms with Gasteiger partial charge < -0.3 is 14.2 Å². The molecule has 0 spiro atoms. The Morgan fingerprint density at radius 1 is 1.00 bits per heavy atom. The summed E-state index contributed by atoms with van der Waals surface area (Å²) in [7, 11) is 3.03. The van der Waals surface area contributed by atoms with Gasteiger partial charge in [-0.15, -0.1) is 0 Å². The minimum absolute atomic E-state index is 0.174. The van der Waals surface area contributed by atoms with Gasteiger partial charge in [0.2, 0.25) is 11.8 Å². The Labute approximate surface area is 99.0 Å². The van der Waals surface area contributed by atoms with Crippen LogP contribution < -0.4 is 14.2 Å². The van der Waals surface area contributed by atoms with Crippen LogP contribution in [0.25, 0.3) is 0 Å². The molecule has 87 valence electrons. The Hall–Kier alpha value is -2.30. The Kier molecular flexibility index (Phi) is 3.40. The highest BCUT2D eigenvalue weighted by atomic mass is 16.5. The van der Waals surface area contributed by atoms with Crippen molar-refractivity contribution in [1.29, 1.82) is 0 Å². The van der Waals surface area contributed by atoms with Gasteiger partial charge in [-0.1, -0.05) is 12.1 Å². The largest absolute Gasteiger partial charge is 0.481 e. The normalized spacial score (nSPS) is 9.76. The second-order valence-electron chi connectivity index (χ2n) is 3.07. The molecule has 1 heterocycles. The van der Waals surface area contributed by atoms with Crippen molar-refractivity contribution in [2.45, 2.75) is 0 Å². The number of hydrogen-bond donors (Lipinski definition) is 0. The molecule has 0 aliphatic rings. The van der Waals surface area contributed by atoms with Crippen LogP contribution in [0.5, 0.6) is 23.5 Å². The molecule has 1 aromatic carbocycles. The third kappa shape index (κ3) is 2.84. The first-order valence-corrected chi connectivity index (χ1v) is 4.93. The van der Waals surface area contributed by atoms with Gasteiger partial charge in [0.05, 0.1) is 20.3 Å². The van der Waals surface area contributed by atoms with E-state index < -0.39 is 0 Å². The molecular formula is C12H11N2O3. The molecule has 1 radical (unpaired) electrons. The van der Waals surface area contributed by atoms with E-state index in [4.69, 9.17) is 14.2 Å². The van der Waals surface area contributed by atoms with Crippen molar-refractivity contribution in [3.8, 4) is 23.5 Å². The van der Waals surface area contributed by atoms with Crippen LogP contribution in [0.2, 0.25) is 0 Å². The van der Waals surface area contributed by atoms with Gasteiger partial charge in [0.15, 0.2) is 0 Å². The highest BCUT2D eigenvalue weighted by molar-refractivity contribution is 5.27. The van der Waals surface area contributed by atoms with Gasteiger partial charge in [0.25, 0.3) is 0 Å². The van der Waals surface area contributed by atoms with Crippen molar-refractivity contribution < 1.29 is 14.2 Å². The summed E-state index contributed by atoms with van der Waals surface area (Å²) in [6.07, 6.45) is 0. The van der Waals surface area contributed by atoms with Crippen molar-refractivity contribution >= 4 is 0 Å². The number of benzene rings is 1. The fraction of sp³-hybridized carbons (Fsp3) is 0.167. The third-order valence-corrected chi connectivity index (χ3v) is 1.97. The number of aromatic nitrogens is 2. The molecule has 0 bridgehead atoms. The minimum atomic E-state index is 0.174. The topological polar surface area (TPSA) is 53.5 Å². The zero-order valence-electron chi connectivity index (χ0n) is 9.51. The molecule has 0 amide bonds. The molecule has 0 unspecified atom stereocenters. The lowest BCUT2D eigenvalue weighted by Gasteiger charge is -2.07. The molecule has 2 rings (SSSR count). The number of rotatable bonds is 4. The summed E-state index contributed by atoms with van der Waals surface area (Å²) < 4.78 is 15.5. The van der Waals surface area contributed by atoms with E-state index in [9.17, 15) is 0 Å². The van der Waals surface area contributed by atoms with Crippen molar-refractivity contribution in [2.24, 2.45) is 0 Å². The SMILES string of the molecule is COc1cc(OC)nc(Oc2cc[c]cc2)n1. The molecule has 0 atom stereocenters. The average molecular weight is 231 g/mol. The summed E-state index contributed by atoms with van der Waals surface area (Å²) in [5.74, 6) is 1.39. The summed E-state index contributed by atoms with van der Waals surface area (Å²) >= 11 is 0. The van der Waals surface area contributed by atoms with Gasteiger partial charge in [0.1, 0.15) is 5.75 Å². The zero-order chi connectivity index (χ0) is 12.1. The van der Waals surface area contributed by atoms with Crippen LogP contribution in [0, 0.1) is 6.07 Å². The zero-order valence-corrected chi connectivity index (χ0v) is 9.51. The van der Waals surface area contributed by atoms with Crippen molar-refractivity contribution in [3.63, 3.8) is 0 Å². The highest BCUT2D eigenvalue weighted by Gasteiger charge is 2.07. The summed E-state index contributed by atoms with van der Waals surface area (Å²) in [5, 5.41) is 0. The van der Waals surface area contributed by atoms with Crippen molar-refractivity contribution in [3.05, 3.63) is 36.4 Å². The molecule has 0 saturated carbocycles. The van der Waals surface area contributed by atoms with Crippen LogP contribution in [-0.2, 0) is 0 Å². The maximum absolute atomic E-state index is 5.46. The summed E-state index contributed by atoms with van der Waals surface area (Å²) in [6.45, 7) is 0. The standard InChI is InChI=1S/C12H11N2O3/c1-15-10-8-11(16-2)14-12(13-10)17-9-6-4-3-5-7-9/h4-8H,1-2H3. The quantitative estimate of drug-likeness (QED) is 0.806. The first-order chi connectivity index (χ1) is 8.31. The molecule has 0 saturated heterocycles. The summed E-state index contributed by atoms with van der Waals surface area (Å²) in [6, 6.07) is 11.6. The Bertz CT molecular complexity index is 466. The van der Waals surface area contributed by atoms with Gasteiger partial charge in [0, 0.05) is 0 Å². The molecule has 0 aliphatic heterocycles. The molecule has 0 aliphatic carbocycles. The third-order valence-electron chi connectivity index (χ3n) is 1.97. The van der Waals surface area contributed by atoms with E-state index in [0.29, 0.717) is 17.5 Å². The molecule has 5 nitrogen and oxygen atoms in total.